The number of ether oxygens (including phenoxy) is 2. The summed E-state index contributed by atoms with van der Waals surface area (Å²) in [5.74, 6) is -1.76. The van der Waals surface area contributed by atoms with Gasteiger partial charge >= 0.3 is 0 Å². The van der Waals surface area contributed by atoms with Crippen molar-refractivity contribution < 1.29 is 23.0 Å². The summed E-state index contributed by atoms with van der Waals surface area (Å²) in [6.45, 7) is 0.689. The van der Waals surface area contributed by atoms with E-state index >= 15 is 0 Å². The molecule has 2 atom stereocenters. The van der Waals surface area contributed by atoms with Gasteiger partial charge < -0.3 is 14.8 Å². The lowest BCUT2D eigenvalue weighted by Crippen LogP contribution is -2.49. The number of carbonyl (C=O) groups is 1. The SMILES string of the molecule is CNc1c(F)cc(SNC(=O)C23COC(CCO2)C3)cc1F. The maximum atomic E-state index is 13.7. The van der Waals surface area contributed by atoms with Crippen molar-refractivity contribution in [3.63, 3.8) is 0 Å². The molecule has 2 unspecified atom stereocenters. The third-order valence-corrected chi connectivity index (χ3v) is 4.63. The average Bonchev–Trinajstić information content (AvgIpc) is 2.80. The summed E-state index contributed by atoms with van der Waals surface area (Å²) in [6, 6.07) is 2.32. The Kier molecular flexibility index (Phi) is 4.24. The van der Waals surface area contributed by atoms with E-state index in [-0.39, 0.29) is 29.2 Å². The number of carbonyl (C=O) groups excluding carboxylic acids is 1. The number of hydrogen-bond donors (Lipinski definition) is 2. The van der Waals surface area contributed by atoms with Gasteiger partial charge in [-0.05, 0) is 30.5 Å². The third kappa shape index (κ3) is 2.78. The third-order valence-electron chi connectivity index (χ3n) is 3.87. The number of benzene rings is 1. The Morgan fingerprint density at radius 1 is 1.41 bits per heavy atom. The normalized spacial score (nSPS) is 26.8. The summed E-state index contributed by atoms with van der Waals surface area (Å²) in [4.78, 5) is 12.6. The largest absolute Gasteiger partial charge is 0.383 e. The smallest absolute Gasteiger partial charge is 0.264 e. The zero-order valence-electron chi connectivity index (χ0n) is 11.9. The fourth-order valence-electron chi connectivity index (χ4n) is 2.68. The average molecular weight is 330 g/mol. The van der Waals surface area contributed by atoms with Crippen molar-refractivity contribution in [3.8, 4) is 0 Å². The molecule has 0 aromatic heterocycles. The minimum Gasteiger partial charge on any atom is -0.383 e. The van der Waals surface area contributed by atoms with Crippen LogP contribution in [0.5, 0.6) is 0 Å². The Hall–Kier alpha value is -1.38. The predicted octanol–water partition coefficient (Wildman–Crippen LogP) is 2.08. The molecule has 1 aromatic carbocycles. The number of nitrogens with one attached hydrogen (secondary N) is 2. The molecule has 2 heterocycles. The molecule has 0 saturated carbocycles. The van der Waals surface area contributed by atoms with Gasteiger partial charge in [-0.1, -0.05) is 0 Å². The summed E-state index contributed by atoms with van der Waals surface area (Å²) >= 11 is 0.859. The molecule has 0 spiro atoms. The highest BCUT2D eigenvalue weighted by Crippen LogP contribution is 2.35. The zero-order chi connectivity index (χ0) is 15.7. The lowest BCUT2D eigenvalue weighted by Gasteiger charge is -2.29. The van der Waals surface area contributed by atoms with E-state index in [1.165, 1.54) is 7.05 Å². The maximum absolute atomic E-state index is 13.7. The molecule has 2 bridgehead atoms. The molecule has 1 amide bonds. The maximum Gasteiger partial charge on any atom is 0.264 e. The highest BCUT2D eigenvalue weighted by Gasteiger charge is 2.50. The van der Waals surface area contributed by atoms with Crippen molar-refractivity contribution >= 4 is 23.5 Å². The van der Waals surface area contributed by atoms with Crippen LogP contribution in [0.1, 0.15) is 12.8 Å². The van der Waals surface area contributed by atoms with Crippen LogP contribution in [-0.4, -0.2) is 37.9 Å². The summed E-state index contributed by atoms with van der Waals surface area (Å²) in [5, 5.41) is 2.44. The number of fused-ring (bicyclic) bond motifs is 2. The molecule has 2 fully saturated rings. The van der Waals surface area contributed by atoms with Crippen LogP contribution in [0.3, 0.4) is 0 Å². The Morgan fingerprint density at radius 3 is 2.82 bits per heavy atom. The van der Waals surface area contributed by atoms with E-state index < -0.39 is 17.2 Å². The van der Waals surface area contributed by atoms with Gasteiger partial charge in [0.2, 0.25) is 0 Å². The quantitative estimate of drug-likeness (QED) is 0.828. The lowest BCUT2D eigenvalue weighted by molar-refractivity contribution is -0.146. The van der Waals surface area contributed by atoms with Crippen LogP contribution in [-0.2, 0) is 14.3 Å². The van der Waals surface area contributed by atoms with Crippen LogP contribution >= 0.6 is 11.9 Å². The van der Waals surface area contributed by atoms with Crippen LogP contribution in [0.15, 0.2) is 17.0 Å². The number of rotatable bonds is 4. The van der Waals surface area contributed by atoms with Gasteiger partial charge in [-0.25, -0.2) is 8.78 Å². The van der Waals surface area contributed by atoms with Crippen LogP contribution in [0.4, 0.5) is 14.5 Å². The Balaban J connectivity index is 1.66. The molecule has 2 aliphatic heterocycles. The van der Waals surface area contributed by atoms with Crippen molar-refractivity contribution in [1.82, 2.24) is 4.72 Å². The van der Waals surface area contributed by atoms with Gasteiger partial charge in [0.05, 0.1) is 19.3 Å². The molecule has 22 heavy (non-hydrogen) atoms. The number of amides is 1. The first-order valence-corrected chi connectivity index (χ1v) is 7.75. The van der Waals surface area contributed by atoms with Crippen molar-refractivity contribution in [2.24, 2.45) is 0 Å². The summed E-state index contributed by atoms with van der Waals surface area (Å²) in [6.07, 6.45) is 1.35. The Morgan fingerprint density at radius 2 is 2.14 bits per heavy atom. The Bertz CT molecular complexity index is 574. The Labute approximate surface area is 130 Å². The first-order chi connectivity index (χ1) is 10.5. The lowest BCUT2D eigenvalue weighted by atomic mass is 9.95. The van der Waals surface area contributed by atoms with E-state index in [1.807, 2.05) is 0 Å². The van der Waals surface area contributed by atoms with Crippen LogP contribution in [0.25, 0.3) is 0 Å². The molecule has 8 heteroatoms. The van der Waals surface area contributed by atoms with E-state index in [0.29, 0.717) is 13.0 Å². The van der Waals surface area contributed by atoms with E-state index in [2.05, 4.69) is 10.0 Å². The second kappa shape index (κ2) is 6.02. The topological polar surface area (TPSA) is 59.6 Å². The number of halogens is 2. The van der Waals surface area contributed by atoms with E-state index in [0.717, 1.165) is 30.5 Å². The van der Waals surface area contributed by atoms with E-state index in [9.17, 15) is 13.6 Å². The molecule has 120 valence electrons. The molecule has 5 nitrogen and oxygen atoms in total. The van der Waals surface area contributed by atoms with Gasteiger partial charge in [-0.2, -0.15) is 0 Å². The molecule has 0 radical (unpaired) electrons. The molecular formula is C14H16F2N2O3S. The van der Waals surface area contributed by atoms with Gasteiger partial charge in [0.25, 0.3) is 5.91 Å². The van der Waals surface area contributed by atoms with Gasteiger partial charge in [0.1, 0.15) is 17.3 Å². The van der Waals surface area contributed by atoms with Crippen molar-refractivity contribution in [3.05, 3.63) is 23.8 Å². The van der Waals surface area contributed by atoms with Crippen molar-refractivity contribution in [2.75, 3.05) is 25.6 Å². The molecule has 0 aliphatic carbocycles. The summed E-state index contributed by atoms with van der Waals surface area (Å²) in [7, 11) is 1.44. The fraction of sp³-hybridized carbons (Fsp3) is 0.500. The molecule has 2 N–H and O–H groups in total. The molecule has 2 aliphatic rings. The first kappa shape index (κ1) is 15.5. The summed E-state index contributed by atoms with van der Waals surface area (Å²) < 4.78 is 41.0. The van der Waals surface area contributed by atoms with Gasteiger partial charge in [0, 0.05) is 18.4 Å². The zero-order valence-corrected chi connectivity index (χ0v) is 12.8. The molecule has 2 saturated heterocycles. The van der Waals surface area contributed by atoms with Gasteiger partial charge in [0.15, 0.2) is 5.60 Å². The summed E-state index contributed by atoms with van der Waals surface area (Å²) in [5.41, 5.74) is -1.17. The molecule has 1 aromatic rings. The number of hydrogen-bond acceptors (Lipinski definition) is 5. The van der Waals surface area contributed by atoms with Crippen molar-refractivity contribution in [1.29, 1.82) is 0 Å². The molecular weight excluding hydrogens is 314 g/mol. The van der Waals surface area contributed by atoms with E-state index in [1.54, 1.807) is 0 Å². The standard InChI is InChI=1S/C14H16F2N2O3S/c1-17-12-10(15)4-9(5-11(12)16)22-18-13(19)14-6-8(20-7-14)2-3-21-14/h4-5,8,17H,2-3,6-7H2,1H3,(H,18,19). The fourth-order valence-corrected chi connectivity index (χ4v) is 3.40. The second-order valence-electron chi connectivity index (χ2n) is 5.31. The number of anilines is 1. The monoisotopic (exact) mass is 330 g/mol. The van der Waals surface area contributed by atoms with E-state index in [4.69, 9.17) is 9.47 Å². The van der Waals surface area contributed by atoms with Crippen LogP contribution in [0.2, 0.25) is 0 Å². The first-order valence-electron chi connectivity index (χ1n) is 6.94. The van der Waals surface area contributed by atoms with Crippen molar-refractivity contribution in [2.45, 2.75) is 29.4 Å². The van der Waals surface area contributed by atoms with Gasteiger partial charge in [-0.3, -0.25) is 9.52 Å². The highest BCUT2D eigenvalue weighted by atomic mass is 32.2. The second-order valence-corrected chi connectivity index (χ2v) is 6.19. The predicted molar refractivity (Wildman–Crippen MR) is 77.6 cm³/mol. The molecule has 3 rings (SSSR count). The minimum atomic E-state index is -0.974. The van der Waals surface area contributed by atoms with Crippen LogP contribution in [0, 0.1) is 11.6 Å². The highest BCUT2D eigenvalue weighted by molar-refractivity contribution is 7.98. The van der Waals surface area contributed by atoms with Gasteiger partial charge in [-0.15, -0.1) is 0 Å². The van der Waals surface area contributed by atoms with Crippen LogP contribution < -0.4 is 10.0 Å². The minimum absolute atomic E-state index is 0.0503.